The van der Waals surface area contributed by atoms with Gasteiger partial charge in [0.05, 0.1) is 12.1 Å². The third-order valence-electron chi connectivity index (χ3n) is 2.85. The number of methoxy groups -OCH3 is 1. The highest BCUT2D eigenvalue weighted by Gasteiger charge is 2.13. The molecule has 0 radical (unpaired) electrons. The molecule has 0 saturated heterocycles. The van der Waals surface area contributed by atoms with E-state index in [1.165, 1.54) is 0 Å². The third-order valence-corrected chi connectivity index (χ3v) is 3.24. The van der Waals surface area contributed by atoms with Crippen LogP contribution in [0.1, 0.15) is 11.3 Å². The number of ether oxygens (including phenoxy) is 1. The maximum Gasteiger partial charge on any atom is 0.163 e. The van der Waals surface area contributed by atoms with Gasteiger partial charge in [-0.1, -0.05) is 17.7 Å². The van der Waals surface area contributed by atoms with Crippen molar-refractivity contribution >= 4 is 17.4 Å². The van der Waals surface area contributed by atoms with E-state index in [-0.39, 0.29) is 0 Å². The van der Waals surface area contributed by atoms with Crippen LogP contribution in [0.4, 0.5) is 5.82 Å². The largest absolute Gasteiger partial charge is 0.495 e. The van der Waals surface area contributed by atoms with E-state index in [1.54, 1.807) is 13.2 Å². The predicted octanol–water partition coefficient (Wildman–Crippen LogP) is 3.00. The van der Waals surface area contributed by atoms with E-state index in [1.807, 2.05) is 26.0 Å². The Kier molecular flexibility index (Phi) is 3.39. The first-order valence-corrected chi connectivity index (χ1v) is 5.86. The number of halogens is 1. The Morgan fingerprint density at radius 3 is 2.56 bits per heavy atom. The van der Waals surface area contributed by atoms with Crippen molar-refractivity contribution in [1.82, 2.24) is 9.97 Å². The van der Waals surface area contributed by atoms with Gasteiger partial charge in [0.2, 0.25) is 0 Å². The van der Waals surface area contributed by atoms with Gasteiger partial charge in [0.25, 0.3) is 0 Å². The Labute approximate surface area is 111 Å². The first kappa shape index (κ1) is 12.6. The Hall–Kier alpha value is -1.81. The Balaban J connectivity index is 2.62. The fourth-order valence-corrected chi connectivity index (χ4v) is 1.90. The van der Waals surface area contributed by atoms with Crippen molar-refractivity contribution in [1.29, 1.82) is 0 Å². The summed E-state index contributed by atoms with van der Waals surface area (Å²) >= 11 is 6.24. The number of aromatic nitrogens is 2. The molecule has 1 heterocycles. The number of nitrogens with two attached hydrogens (primary N) is 1. The third kappa shape index (κ3) is 2.11. The molecule has 0 fully saturated rings. The number of anilines is 1. The second-order valence-electron chi connectivity index (χ2n) is 3.96. The van der Waals surface area contributed by atoms with Crippen LogP contribution in [0.15, 0.2) is 18.2 Å². The maximum absolute atomic E-state index is 6.24. The summed E-state index contributed by atoms with van der Waals surface area (Å²) in [7, 11) is 1.57. The molecule has 0 saturated carbocycles. The van der Waals surface area contributed by atoms with Gasteiger partial charge >= 0.3 is 0 Å². The van der Waals surface area contributed by atoms with Crippen molar-refractivity contribution in [3.8, 4) is 17.1 Å². The monoisotopic (exact) mass is 263 g/mol. The smallest absolute Gasteiger partial charge is 0.163 e. The molecule has 0 amide bonds. The van der Waals surface area contributed by atoms with Crippen molar-refractivity contribution in [2.75, 3.05) is 12.8 Å². The lowest BCUT2D eigenvalue weighted by Crippen LogP contribution is -2.02. The number of nitrogens with zero attached hydrogens (tertiary/aromatic N) is 2. The lowest BCUT2D eigenvalue weighted by atomic mass is 10.1. The van der Waals surface area contributed by atoms with Gasteiger partial charge in [-0.25, -0.2) is 9.97 Å². The fraction of sp³-hybridized carbons (Fsp3) is 0.231. The molecule has 0 spiro atoms. The normalized spacial score (nSPS) is 10.4. The fourth-order valence-electron chi connectivity index (χ4n) is 1.61. The molecule has 94 valence electrons. The van der Waals surface area contributed by atoms with Gasteiger partial charge < -0.3 is 10.5 Å². The standard InChI is InChI=1S/C13H14ClN3O/c1-7-8(2)16-13(17-12(7)15)9-5-4-6-10(18-3)11(9)14/h4-6H,1-3H3,(H2,15,16,17). The summed E-state index contributed by atoms with van der Waals surface area (Å²) in [6.45, 7) is 3.78. The van der Waals surface area contributed by atoms with Gasteiger partial charge in [0, 0.05) is 16.8 Å². The molecule has 4 nitrogen and oxygen atoms in total. The molecule has 0 atom stereocenters. The minimum atomic E-state index is 0.469. The van der Waals surface area contributed by atoms with Crippen LogP contribution < -0.4 is 10.5 Å². The van der Waals surface area contributed by atoms with Crippen molar-refractivity contribution in [3.63, 3.8) is 0 Å². The summed E-state index contributed by atoms with van der Waals surface area (Å²) in [4.78, 5) is 8.68. The molecular weight excluding hydrogens is 250 g/mol. The van der Waals surface area contributed by atoms with Crippen LogP contribution >= 0.6 is 11.6 Å². The first-order chi connectivity index (χ1) is 8.54. The number of benzene rings is 1. The quantitative estimate of drug-likeness (QED) is 0.905. The molecule has 0 aliphatic heterocycles. The lowest BCUT2D eigenvalue weighted by Gasteiger charge is -2.10. The number of hydrogen-bond acceptors (Lipinski definition) is 4. The molecule has 1 aromatic carbocycles. The average molecular weight is 264 g/mol. The van der Waals surface area contributed by atoms with E-state index in [2.05, 4.69) is 9.97 Å². The molecule has 18 heavy (non-hydrogen) atoms. The van der Waals surface area contributed by atoms with E-state index < -0.39 is 0 Å². The number of nitrogen functional groups attached to an aromatic ring is 1. The highest BCUT2D eigenvalue weighted by molar-refractivity contribution is 6.34. The molecule has 0 aliphatic carbocycles. The molecule has 1 aromatic heterocycles. The summed E-state index contributed by atoms with van der Waals surface area (Å²) in [5.74, 6) is 1.57. The van der Waals surface area contributed by atoms with E-state index in [0.29, 0.717) is 28.0 Å². The summed E-state index contributed by atoms with van der Waals surface area (Å²) in [6, 6.07) is 5.47. The van der Waals surface area contributed by atoms with Gasteiger partial charge in [-0.05, 0) is 26.0 Å². The molecule has 0 aliphatic rings. The number of hydrogen-bond donors (Lipinski definition) is 1. The van der Waals surface area contributed by atoms with Crippen LogP contribution in [0.3, 0.4) is 0 Å². The van der Waals surface area contributed by atoms with E-state index in [4.69, 9.17) is 22.1 Å². The van der Waals surface area contributed by atoms with Gasteiger partial charge in [0.15, 0.2) is 5.82 Å². The topological polar surface area (TPSA) is 61.0 Å². The van der Waals surface area contributed by atoms with Crippen molar-refractivity contribution in [2.45, 2.75) is 13.8 Å². The predicted molar refractivity (Wildman–Crippen MR) is 72.9 cm³/mol. The zero-order valence-electron chi connectivity index (χ0n) is 10.5. The Bertz CT molecular complexity index is 576. The lowest BCUT2D eigenvalue weighted by molar-refractivity contribution is 0.415. The highest BCUT2D eigenvalue weighted by Crippen LogP contribution is 2.34. The molecule has 0 unspecified atom stereocenters. The second kappa shape index (κ2) is 4.82. The summed E-state index contributed by atoms with van der Waals surface area (Å²) < 4.78 is 5.17. The molecule has 5 heteroatoms. The molecular formula is C13H14ClN3O. The molecule has 0 bridgehead atoms. The molecule has 2 aromatic rings. The van der Waals surface area contributed by atoms with Gasteiger partial charge in [-0.15, -0.1) is 0 Å². The van der Waals surface area contributed by atoms with Crippen LogP contribution in [0.2, 0.25) is 5.02 Å². The average Bonchev–Trinajstić information content (AvgIpc) is 2.35. The number of aryl methyl sites for hydroxylation is 1. The number of rotatable bonds is 2. The molecule has 2 N–H and O–H groups in total. The van der Waals surface area contributed by atoms with Crippen molar-refractivity contribution < 1.29 is 4.74 Å². The van der Waals surface area contributed by atoms with Gasteiger partial charge in [-0.3, -0.25) is 0 Å². The van der Waals surface area contributed by atoms with E-state index >= 15 is 0 Å². The van der Waals surface area contributed by atoms with Crippen molar-refractivity contribution in [3.05, 3.63) is 34.5 Å². The van der Waals surface area contributed by atoms with Crippen LogP contribution in [0.25, 0.3) is 11.4 Å². The van der Waals surface area contributed by atoms with Crippen LogP contribution in [0, 0.1) is 13.8 Å². The Morgan fingerprint density at radius 2 is 1.94 bits per heavy atom. The Morgan fingerprint density at radius 1 is 1.22 bits per heavy atom. The highest BCUT2D eigenvalue weighted by atomic mass is 35.5. The van der Waals surface area contributed by atoms with E-state index in [9.17, 15) is 0 Å². The summed E-state index contributed by atoms with van der Waals surface area (Å²) in [6.07, 6.45) is 0. The van der Waals surface area contributed by atoms with Gasteiger partial charge in [-0.2, -0.15) is 0 Å². The van der Waals surface area contributed by atoms with Gasteiger partial charge in [0.1, 0.15) is 11.6 Å². The van der Waals surface area contributed by atoms with Crippen LogP contribution in [-0.2, 0) is 0 Å². The summed E-state index contributed by atoms with van der Waals surface area (Å²) in [5, 5.41) is 0.489. The zero-order valence-corrected chi connectivity index (χ0v) is 11.2. The minimum Gasteiger partial charge on any atom is -0.495 e. The molecule has 2 rings (SSSR count). The SMILES string of the molecule is COc1cccc(-c2nc(C)c(C)c(N)n2)c1Cl. The maximum atomic E-state index is 6.24. The van der Waals surface area contributed by atoms with Crippen molar-refractivity contribution in [2.24, 2.45) is 0 Å². The van der Waals surface area contributed by atoms with Crippen LogP contribution in [-0.4, -0.2) is 17.1 Å². The second-order valence-corrected chi connectivity index (χ2v) is 4.34. The first-order valence-electron chi connectivity index (χ1n) is 5.48. The minimum absolute atomic E-state index is 0.469. The van der Waals surface area contributed by atoms with E-state index in [0.717, 1.165) is 11.3 Å². The zero-order chi connectivity index (χ0) is 13.3. The van der Waals surface area contributed by atoms with Crippen LogP contribution in [0.5, 0.6) is 5.75 Å². The summed E-state index contributed by atoms with van der Waals surface area (Å²) in [5.41, 5.74) is 8.30.